The van der Waals surface area contributed by atoms with Gasteiger partial charge in [0.25, 0.3) is 0 Å². The lowest BCUT2D eigenvalue weighted by Gasteiger charge is -2.34. The van der Waals surface area contributed by atoms with Gasteiger partial charge in [-0.05, 0) is 43.5 Å². The van der Waals surface area contributed by atoms with E-state index in [2.05, 4.69) is 28.2 Å². The minimum Gasteiger partial charge on any atom is -0.460 e. The first-order valence-corrected chi connectivity index (χ1v) is 7.58. The highest BCUT2D eigenvalue weighted by atomic mass is 79.9. The van der Waals surface area contributed by atoms with Crippen molar-refractivity contribution < 1.29 is 9.53 Å². The molecule has 1 saturated heterocycles. The summed E-state index contributed by atoms with van der Waals surface area (Å²) in [4.78, 5) is 12.3. The molecule has 1 aromatic carbocycles. The molecule has 1 atom stereocenters. The van der Waals surface area contributed by atoms with Crippen LogP contribution in [0.1, 0.15) is 31.7 Å². The largest absolute Gasteiger partial charge is 0.460 e. The molecule has 1 aliphatic heterocycles. The van der Waals surface area contributed by atoms with Crippen molar-refractivity contribution in [3.05, 3.63) is 34.3 Å². The molecule has 104 valence electrons. The molecule has 0 bridgehead atoms. The third kappa shape index (κ3) is 3.57. The van der Waals surface area contributed by atoms with Crippen molar-refractivity contribution >= 4 is 21.9 Å². The molecule has 0 amide bonds. The minimum atomic E-state index is -0.326. The first kappa shape index (κ1) is 14.5. The molecule has 0 spiro atoms. The van der Waals surface area contributed by atoms with Crippen LogP contribution in [0, 0.1) is 5.41 Å². The van der Waals surface area contributed by atoms with Crippen molar-refractivity contribution in [1.82, 2.24) is 5.32 Å². The highest BCUT2D eigenvalue weighted by Crippen LogP contribution is 2.31. The number of rotatable bonds is 4. The lowest BCUT2D eigenvalue weighted by Crippen LogP contribution is -2.45. The maximum absolute atomic E-state index is 12.3. The highest BCUT2D eigenvalue weighted by molar-refractivity contribution is 9.10. The molecule has 1 unspecified atom stereocenters. The Balaban J connectivity index is 1.94. The molecule has 3 nitrogen and oxygen atoms in total. The number of benzene rings is 1. The first-order chi connectivity index (χ1) is 9.16. The summed E-state index contributed by atoms with van der Waals surface area (Å²) < 4.78 is 6.54. The van der Waals surface area contributed by atoms with E-state index in [1.54, 1.807) is 0 Å². The molecular weight excluding hydrogens is 306 g/mol. The molecule has 0 aliphatic carbocycles. The van der Waals surface area contributed by atoms with Gasteiger partial charge in [0.2, 0.25) is 0 Å². The van der Waals surface area contributed by atoms with Gasteiger partial charge in [-0.15, -0.1) is 0 Å². The summed E-state index contributed by atoms with van der Waals surface area (Å²) in [5.41, 5.74) is 0.694. The van der Waals surface area contributed by atoms with Gasteiger partial charge < -0.3 is 10.1 Å². The van der Waals surface area contributed by atoms with E-state index < -0.39 is 0 Å². The van der Waals surface area contributed by atoms with Gasteiger partial charge in [0, 0.05) is 11.0 Å². The lowest BCUT2D eigenvalue weighted by atomic mass is 9.78. The van der Waals surface area contributed by atoms with E-state index in [1.807, 2.05) is 24.3 Å². The van der Waals surface area contributed by atoms with Crippen LogP contribution in [0.15, 0.2) is 28.7 Å². The van der Waals surface area contributed by atoms with Gasteiger partial charge in [-0.1, -0.05) is 35.0 Å². The smallest absolute Gasteiger partial charge is 0.313 e. The van der Waals surface area contributed by atoms with Crippen molar-refractivity contribution in [2.45, 2.75) is 32.8 Å². The minimum absolute atomic E-state index is 0.0647. The summed E-state index contributed by atoms with van der Waals surface area (Å²) in [5, 5.41) is 3.31. The maximum Gasteiger partial charge on any atom is 0.313 e. The summed E-state index contributed by atoms with van der Waals surface area (Å²) in [6.07, 6.45) is 2.80. The summed E-state index contributed by atoms with van der Waals surface area (Å²) in [6.45, 7) is 4.16. The van der Waals surface area contributed by atoms with Gasteiger partial charge in [-0.25, -0.2) is 0 Å². The standard InChI is InChI=1S/C15H20BrNO2/c1-2-15(8-3-9-17-11-15)14(18)19-10-12-4-6-13(16)7-5-12/h4-7,17H,2-3,8-11H2,1H3. The number of esters is 1. The number of piperidine rings is 1. The van der Waals surface area contributed by atoms with Gasteiger partial charge in [0.05, 0.1) is 5.41 Å². The van der Waals surface area contributed by atoms with E-state index in [4.69, 9.17) is 4.74 Å². The quantitative estimate of drug-likeness (QED) is 0.863. The molecule has 19 heavy (non-hydrogen) atoms. The second-order valence-corrected chi connectivity index (χ2v) is 6.03. The zero-order valence-electron chi connectivity index (χ0n) is 11.2. The Morgan fingerprint density at radius 3 is 2.74 bits per heavy atom. The number of carbonyl (C=O) groups excluding carboxylic acids is 1. The van der Waals surface area contributed by atoms with Crippen LogP contribution >= 0.6 is 15.9 Å². The lowest BCUT2D eigenvalue weighted by molar-refractivity contribution is -0.158. The monoisotopic (exact) mass is 325 g/mol. The molecule has 1 N–H and O–H groups in total. The fourth-order valence-corrected chi connectivity index (χ4v) is 2.74. The van der Waals surface area contributed by atoms with Crippen LogP contribution < -0.4 is 5.32 Å². The molecule has 2 rings (SSSR count). The second kappa shape index (κ2) is 6.53. The predicted molar refractivity (Wildman–Crippen MR) is 78.8 cm³/mol. The van der Waals surface area contributed by atoms with Gasteiger partial charge in [0.1, 0.15) is 6.61 Å². The fourth-order valence-electron chi connectivity index (χ4n) is 2.47. The fraction of sp³-hybridized carbons (Fsp3) is 0.533. The zero-order chi connectivity index (χ0) is 13.7. The third-order valence-corrected chi connectivity index (χ3v) is 4.39. The van der Waals surface area contributed by atoms with Crippen LogP contribution in [0.3, 0.4) is 0 Å². The van der Waals surface area contributed by atoms with Gasteiger partial charge in [0.15, 0.2) is 0 Å². The van der Waals surface area contributed by atoms with Gasteiger partial charge in [-0.3, -0.25) is 4.79 Å². The van der Waals surface area contributed by atoms with Crippen molar-refractivity contribution in [3.8, 4) is 0 Å². The molecule has 0 saturated carbocycles. The number of halogens is 1. The van der Waals surface area contributed by atoms with Gasteiger partial charge in [-0.2, -0.15) is 0 Å². The molecule has 4 heteroatoms. The summed E-state index contributed by atoms with van der Waals surface area (Å²) >= 11 is 3.39. The van der Waals surface area contributed by atoms with Crippen molar-refractivity contribution in [3.63, 3.8) is 0 Å². The van der Waals surface area contributed by atoms with E-state index in [0.717, 1.165) is 42.4 Å². The van der Waals surface area contributed by atoms with Crippen LogP contribution in [-0.4, -0.2) is 19.1 Å². The SMILES string of the molecule is CCC1(C(=O)OCc2ccc(Br)cc2)CCCNC1. The number of carbonyl (C=O) groups is 1. The van der Waals surface area contributed by atoms with E-state index in [9.17, 15) is 4.79 Å². The van der Waals surface area contributed by atoms with Crippen LogP contribution in [-0.2, 0) is 16.1 Å². The Morgan fingerprint density at radius 1 is 1.42 bits per heavy atom. The molecule has 1 aliphatic rings. The van der Waals surface area contributed by atoms with Crippen LogP contribution in [0.2, 0.25) is 0 Å². The summed E-state index contributed by atoms with van der Waals surface area (Å²) in [5.74, 6) is -0.0647. The molecule has 0 aromatic heterocycles. The average molecular weight is 326 g/mol. The average Bonchev–Trinajstić information content (AvgIpc) is 2.47. The molecule has 1 fully saturated rings. The maximum atomic E-state index is 12.3. The van der Waals surface area contributed by atoms with Crippen LogP contribution in [0.4, 0.5) is 0 Å². The van der Waals surface area contributed by atoms with Crippen molar-refractivity contribution in [2.75, 3.05) is 13.1 Å². The Bertz CT molecular complexity index is 424. The van der Waals surface area contributed by atoms with E-state index >= 15 is 0 Å². The van der Waals surface area contributed by atoms with E-state index in [1.165, 1.54) is 0 Å². The molecule has 1 heterocycles. The third-order valence-electron chi connectivity index (χ3n) is 3.87. The van der Waals surface area contributed by atoms with E-state index in [0.29, 0.717) is 6.61 Å². The highest BCUT2D eigenvalue weighted by Gasteiger charge is 2.39. The molecule has 1 aromatic rings. The number of hydrogen-bond acceptors (Lipinski definition) is 3. The Kier molecular flexibility index (Phi) is 4.99. The normalized spacial score (nSPS) is 23.1. The summed E-state index contributed by atoms with van der Waals surface area (Å²) in [6, 6.07) is 7.85. The topological polar surface area (TPSA) is 38.3 Å². The van der Waals surface area contributed by atoms with Crippen molar-refractivity contribution in [1.29, 1.82) is 0 Å². The van der Waals surface area contributed by atoms with Crippen LogP contribution in [0.25, 0.3) is 0 Å². The number of hydrogen-bond donors (Lipinski definition) is 1. The Hall–Kier alpha value is -0.870. The van der Waals surface area contributed by atoms with Crippen molar-refractivity contribution in [2.24, 2.45) is 5.41 Å². The number of nitrogens with one attached hydrogen (secondary N) is 1. The Labute approximate surface area is 122 Å². The Morgan fingerprint density at radius 2 is 2.16 bits per heavy atom. The second-order valence-electron chi connectivity index (χ2n) is 5.12. The van der Waals surface area contributed by atoms with Gasteiger partial charge >= 0.3 is 5.97 Å². The predicted octanol–water partition coefficient (Wildman–Crippen LogP) is 3.27. The first-order valence-electron chi connectivity index (χ1n) is 6.79. The van der Waals surface area contributed by atoms with E-state index in [-0.39, 0.29) is 11.4 Å². The molecule has 0 radical (unpaired) electrons. The number of ether oxygens (including phenoxy) is 1. The summed E-state index contributed by atoms with van der Waals surface area (Å²) in [7, 11) is 0. The molecular formula is C15H20BrNO2. The zero-order valence-corrected chi connectivity index (χ0v) is 12.8. The van der Waals surface area contributed by atoms with Crippen LogP contribution in [0.5, 0.6) is 0 Å².